The molecule has 1 saturated heterocycles. The van der Waals surface area contributed by atoms with Gasteiger partial charge >= 0.3 is 0 Å². The van der Waals surface area contributed by atoms with E-state index in [1.165, 1.54) is 50.7 Å². The maximum atomic E-state index is 13.5. The number of amides is 1. The molecule has 5 nitrogen and oxygen atoms in total. The van der Waals surface area contributed by atoms with Crippen LogP contribution >= 0.6 is 0 Å². The Balaban J connectivity index is 1.50. The van der Waals surface area contributed by atoms with Crippen LogP contribution in [0.5, 0.6) is 11.5 Å². The first-order valence-electron chi connectivity index (χ1n) is 13.7. The van der Waals surface area contributed by atoms with Gasteiger partial charge in [0, 0.05) is 36.3 Å². The lowest BCUT2D eigenvalue weighted by molar-refractivity contribution is 0.0954. The van der Waals surface area contributed by atoms with E-state index in [2.05, 4.69) is 10.2 Å². The van der Waals surface area contributed by atoms with E-state index in [1.807, 2.05) is 25.1 Å². The number of benzene rings is 2. The van der Waals surface area contributed by atoms with Crippen LogP contribution in [0.4, 0.5) is 4.39 Å². The number of nitrogens with zero attached hydrogens (tertiary/aromatic N) is 1. The van der Waals surface area contributed by atoms with E-state index < -0.39 is 0 Å². The largest absolute Gasteiger partial charge is 0.497 e. The highest BCUT2D eigenvalue weighted by Gasteiger charge is 2.30. The molecule has 1 heterocycles. The van der Waals surface area contributed by atoms with Crippen molar-refractivity contribution >= 4 is 12.0 Å². The molecule has 1 amide bonds. The second-order valence-electron chi connectivity index (χ2n) is 10.6. The molecule has 4 rings (SSSR count). The molecule has 2 fully saturated rings. The molecule has 2 aromatic rings. The van der Waals surface area contributed by atoms with Gasteiger partial charge in [-0.15, -0.1) is 0 Å². The van der Waals surface area contributed by atoms with Gasteiger partial charge in [0.1, 0.15) is 17.3 Å². The van der Waals surface area contributed by atoms with Crippen molar-refractivity contribution in [3.63, 3.8) is 0 Å². The number of hydrogen-bond donors (Lipinski definition) is 1. The topological polar surface area (TPSA) is 50.8 Å². The van der Waals surface area contributed by atoms with Crippen LogP contribution in [0, 0.1) is 11.7 Å². The number of carbonyl (C=O) groups is 1. The van der Waals surface area contributed by atoms with Gasteiger partial charge < -0.3 is 14.8 Å². The molecule has 0 radical (unpaired) electrons. The summed E-state index contributed by atoms with van der Waals surface area (Å²) in [7, 11) is 3.26. The summed E-state index contributed by atoms with van der Waals surface area (Å²) in [5.41, 5.74) is 3.43. The maximum absolute atomic E-state index is 13.5. The molecule has 1 aliphatic carbocycles. The quantitative estimate of drug-likeness (QED) is 0.411. The Bertz CT molecular complexity index is 1080. The lowest BCUT2D eigenvalue weighted by atomic mass is 9.88. The van der Waals surface area contributed by atoms with Gasteiger partial charge in [0.05, 0.1) is 14.2 Å². The molecule has 0 bridgehead atoms. The van der Waals surface area contributed by atoms with Gasteiger partial charge in [-0.3, -0.25) is 9.69 Å². The number of likely N-dealkylation sites (tertiary alicyclic amines) is 1. The summed E-state index contributed by atoms with van der Waals surface area (Å²) >= 11 is 0. The van der Waals surface area contributed by atoms with Gasteiger partial charge in [0.2, 0.25) is 0 Å². The lowest BCUT2D eigenvalue weighted by Gasteiger charge is -2.31. The fourth-order valence-corrected chi connectivity index (χ4v) is 5.85. The van der Waals surface area contributed by atoms with E-state index >= 15 is 0 Å². The molecule has 0 aromatic heterocycles. The van der Waals surface area contributed by atoms with Crippen molar-refractivity contribution in [2.24, 2.45) is 5.92 Å². The Labute approximate surface area is 221 Å². The summed E-state index contributed by atoms with van der Waals surface area (Å²) in [6.07, 6.45) is 11.8. The minimum atomic E-state index is -0.262. The molecule has 37 heavy (non-hydrogen) atoms. The first kappa shape index (κ1) is 27.2. The molecule has 0 unspecified atom stereocenters. The predicted molar refractivity (Wildman–Crippen MR) is 147 cm³/mol. The zero-order valence-corrected chi connectivity index (χ0v) is 22.5. The minimum Gasteiger partial charge on any atom is -0.497 e. The van der Waals surface area contributed by atoms with Crippen LogP contribution in [0.1, 0.15) is 73.4 Å². The van der Waals surface area contributed by atoms with E-state index in [0.29, 0.717) is 29.6 Å². The van der Waals surface area contributed by atoms with Gasteiger partial charge in [-0.05, 0) is 75.3 Å². The third-order valence-electron chi connectivity index (χ3n) is 7.85. The Hall–Kier alpha value is -2.86. The van der Waals surface area contributed by atoms with Gasteiger partial charge in [0.15, 0.2) is 0 Å². The summed E-state index contributed by atoms with van der Waals surface area (Å²) in [5.74, 6) is 1.70. The monoisotopic (exact) mass is 508 g/mol. The maximum Gasteiger partial charge on any atom is 0.252 e. The normalized spacial score (nSPS) is 19.1. The zero-order chi connectivity index (χ0) is 26.2. The number of halogens is 1. The van der Waals surface area contributed by atoms with Crippen LogP contribution in [0.15, 0.2) is 42.0 Å². The molecule has 6 heteroatoms. The van der Waals surface area contributed by atoms with E-state index in [-0.39, 0.29) is 11.7 Å². The van der Waals surface area contributed by atoms with Crippen molar-refractivity contribution < 1.29 is 18.7 Å². The molecule has 1 atom stereocenters. The summed E-state index contributed by atoms with van der Waals surface area (Å²) in [5, 5.41) is 3.07. The molecule has 2 aromatic carbocycles. The fraction of sp³-hybridized carbons (Fsp3) is 0.516. The smallest absolute Gasteiger partial charge is 0.252 e. The Morgan fingerprint density at radius 2 is 1.81 bits per heavy atom. The zero-order valence-electron chi connectivity index (χ0n) is 22.5. The van der Waals surface area contributed by atoms with Crippen molar-refractivity contribution in [3.8, 4) is 11.5 Å². The van der Waals surface area contributed by atoms with Crippen LogP contribution < -0.4 is 14.8 Å². The van der Waals surface area contributed by atoms with Crippen LogP contribution in [0.3, 0.4) is 0 Å². The molecule has 1 N–H and O–H groups in total. The van der Waals surface area contributed by atoms with E-state index in [4.69, 9.17) is 9.47 Å². The number of methoxy groups -OCH3 is 2. The van der Waals surface area contributed by atoms with Crippen molar-refractivity contribution in [3.05, 3.63) is 64.5 Å². The van der Waals surface area contributed by atoms with Crippen LogP contribution in [-0.4, -0.2) is 50.7 Å². The molecule has 0 spiro atoms. The van der Waals surface area contributed by atoms with Crippen molar-refractivity contribution in [1.82, 2.24) is 10.2 Å². The second-order valence-corrected chi connectivity index (χ2v) is 10.6. The number of hydrogen-bond acceptors (Lipinski definition) is 4. The van der Waals surface area contributed by atoms with Crippen LogP contribution in [0.25, 0.3) is 6.08 Å². The average Bonchev–Trinajstić information content (AvgIpc) is 3.35. The average molecular weight is 509 g/mol. The summed E-state index contributed by atoms with van der Waals surface area (Å²) in [4.78, 5) is 16.1. The van der Waals surface area contributed by atoms with Crippen LogP contribution in [-0.2, 0) is 6.42 Å². The van der Waals surface area contributed by atoms with Crippen LogP contribution in [0.2, 0.25) is 0 Å². The number of nitrogens with one attached hydrogen (secondary N) is 1. The summed E-state index contributed by atoms with van der Waals surface area (Å²) in [6.45, 7) is 4.65. The number of rotatable bonds is 10. The molecule has 1 saturated carbocycles. The summed E-state index contributed by atoms with van der Waals surface area (Å²) < 4.78 is 24.5. The fourth-order valence-electron chi connectivity index (χ4n) is 5.85. The Kier molecular flexibility index (Phi) is 9.62. The van der Waals surface area contributed by atoms with E-state index in [0.717, 1.165) is 48.5 Å². The van der Waals surface area contributed by atoms with Gasteiger partial charge in [-0.25, -0.2) is 4.39 Å². The highest BCUT2D eigenvalue weighted by Crippen LogP contribution is 2.34. The standard InChI is InChI=1S/C31H41FN2O3/c1-22(16-23-11-13-25(32)14-12-23)20-33-31(35)29-18-27(36-2)19-30(37-3)28(29)17-26-10-7-15-34(26)21-24-8-5-4-6-9-24/h11-14,16,18-19,24,26H,4-10,15,17,20-21H2,1-3H3,(H,33,35)/t26-/m0/s1. The third-order valence-corrected chi connectivity index (χ3v) is 7.85. The second kappa shape index (κ2) is 13.1. The van der Waals surface area contributed by atoms with Crippen molar-refractivity contribution in [2.75, 3.05) is 33.9 Å². The molecular formula is C31H41FN2O3. The highest BCUT2D eigenvalue weighted by atomic mass is 19.1. The first-order valence-corrected chi connectivity index (χ1v) is 13.7. The number of carbonyl (C=O) groups excluding carboxylic acids is 1. The molecular weight excluding hydrogens is 467 g/mol. The van der Waals surface area contributed by atoms with Crippen molar-refractivity contribution in [2.45, 2.75) is 64.3 Å². The first-order chi connectivity index (χ1) is 18.0. The lowest BCUT2D eigenvalue weighted by Crippen LogP contribution is -2.36. The van der Waals surface area contributed by atoms with Gasteiger partial charge in [-0.2, -0.15) is 0 Å². The molecule has 1 aliphatic heterocycles. The van der Waals surface area contributed by atoms with E-state index in [9.17, 15) is 9.18 Å². The SMILES string of the molecule is COc1cc(OC)c(C[C@@H]2CCCN2CC2CCCCC2)c(C(=O)NCC(C)=Cc2ccc(F)cc2)c1. The Morgan fingerprint density at radius 1 is 1.05 bits per heavy atom. The summed E-state index contributed by atoms with van der Waals surface area (Å²) in [6, 6.07) is 10.5. The van der Waals surface area contributed by atoms with Gasteiger partial charge in [0.25, 0.3) is 5.91 Å². The van der Waals surface area contributed by atoms with Gasteiger partial charge in [-0.1, -0.05) is 43.0 Å². The third kappa shape index (κ3) is 7.35. The predicted octanol–water partition coefficient (Wildman–Crippen LogP) is 6.26. The minimum absolute atomic E-state index is 0.143. The Morgan fingerprint density at radius 3 is 2.51 bits per heavy atom. The molecule has 2 aliphatic rings. The highest BCUT2D eigenvalue weighted by molar-refractivity contribution is 5.97. The molecule has 200 valence electrons. The van der Waals surface area contributed by atoms with E-state index in [1.54, 1.807) is 26.4 Å². The number of ether oxygens (including phenoxy) is 2. The van der Waals surface area contributed by atoms with Crippen molar-refractivity contribution in [1.29, 1.82) is 0 Å².